The van der Waals surface area contributed by atoms with Gasteiger partial charge >= 0.3 is 0 Å². The average Bonchev–Trinajstić information content (AvgIpc) is 2.68. The SMILES string of the molecule is COCCn1ncc(Cl)c1C1=CC(Cl)CCC1. The molecular formula is C12H16Cl2N2O. The maximum Gasteiger partial charge on any atom is 0.0862 e. The van der Waals surface area contributed by atoms with Gasteiger partial charge in [0.25, 0.3) is 0 Å². The van der Waals surface area contributed by atoms with Gasteiger partial charge in [-0.2, -0.15) is 5.10 Å². The lowest BCUT2D eigenvalue weighted by atomic mass is 9.97. The summed E-state index contributed by atoms with van der Waals surface area (Å²) in [5.74, 6) is 0. The normalized spacial score (nSPS) is 20.4. The molecule has 0 amide bonds. The Kier molecular flexibility index (Phi) is 4.48. The van der Waals surface area contributed by atoms with Crippen LogP contribution < -0.4 is 0 Å². The molecule has 0 radical (unpaired) electrons. The van der Waals surface area contributed by atoms with Crippen LogP contribution in [-0.4, -0.2) is 28.9 Å². The highest BCUT2D eigenvalue weighted by molar-refractivity contribution is 6.32. The number of allylic oxidation sites excluding steroid dienone is 2. The van der Waals surface area contributed by atoms with Gasteiger partial charge in [0.2, 0.25) is 0 Å². The Morgan fingerprint density at radius 1 is 1.59 bits per heavy atom. The molecule has 0 aliphatic heterocycles. The van der Waals surface area contributed by atoms with E-state index < -0.39 is 0 Å². The molecule has 0 aromatic carbocycles. The molecule has 0 bridgehead atoms. The van der Waals surface area contributed by atoms with Crippen LogP contribution in [-0.2, 0) is 11.3 Å². The molecule has 0 spiro atoms. The Bertz CT molecular complexity index is 415. The maximum atomic E-state index is 6.20. The minimum atomic E-state index is 0.112. The number of ether oxygens (including phenoxy) is 1. The summed E-state index contributed by atoms with van der Waals surface area (Å²) in [6.07, 6.45) is 6.94. The zero-order chi connectivity index (χ0) is 12.3. The van der Waals surface area contributed by atoms with Crippen LogP contribution in [0, 0.1) is 0 Å². The lowest BCUT2D eigenvalue weighted by molar-refractivity contribution is 0.183. The second-order valence-corrected chi connectivity index (χ2v) is 5.12. The molecule has 1 aliphatic carbocycles. The van der Waals surface area contributed by atoms with Crippen LogP contribution in [0.15, 0.2) is 12.3 Å². The molecule has 1 heterocycles. The number of aromatic nitrogens is 2. The third-order valence-electron chi connectivity index (χ3n) is 2.91. The van der Waals surface area contributed by atoms with E-state index in [2.05, 4.69) is 11.2 Å². The van der Waals surface area contributed by atoms with E-state index in [-0.39, 0.29) is 5.38 Å². The largest absolute Gasteiger partial charge is 0.383 e. The highest BCUT2D eigenvalue weighted by Gasteiger charge is 2.18. The first-order valence-electron chi connectivity index (χ1n) is 5.77. The molecule has 0 N–H and O–H groups in total. The Labute approximate surface area is 111 Å². The first-order valence-corrected chi connectivity index (χ1v) is 6.59. The van der Waals surface area contributed by atoms with Gasteiger partial charge in [-0.05, 0) is 24.8 Å². The van der Waals surface area contributed by atoms with Crippen LogP contribution in [0.4, 0.5) is 0 Å². The second-order valence-electron chi connectivity index (χ2n) is 4.16. The van der Waals surface area contributed by atoms with Crippen LogP contribution in [0.5, 0.6) is 0 Å². The van der Waals surface area contributed by atoms with Crippen molar-refractivity contribution in [1.82, 2.24) is 9.78 Å². The summed E-state index contributed by atoms with van der Waals surface area (Å²) in [5, 5.41) is 5.08. The van der Waals surface area contributed by atoms with Crippen molar-refractivity contribution in [2.24, 2.45) is 0 Å². The summed E-state index contributed by atoms with van der Waals surface area (Å²) >= 11 is 12.4. The van der Waals surface area contributed by atoms with Crippen molar-refractivity contribution in [3.8, 4) is 0 Å². The summed E-state index contributed by atoms with van der Waals surface area (Å²) in [4.78, 5) is 0. The predicted molar refractivity (Wildman–Crippen MR) is 70.6 cm³/mol. The summed E-state index contributed by atoms with van der Waals surface area (Å²) < 4.78 is 6.96. The van der Waals surface area contributed by atoms with Crippen LogP contribution in [0.1, 0.15) is 25.0 Å². The van der Waals surface area contributed by atoms with Crippen molar-refractivity contribution in [3.05, 3.63) is 23.0 Å². The number of rotatable bonds is 4. The van der Waals surface area contributed by atoms with E-state index in [0.717, 1.165) is 25.0 Å². The predicted octanol–water partition coefficient (Wildman–Crippen LogP) is 3.36. The molecule has 0 saturated carbocycles. The van der Waals surface area contributed by atoms with E-state index >= 15 is 0 Å². The van der Waals surface area contributed by atoms with Gasteiger partial charge in [0.15, 0.2) is 0 Å². The Morgan fingerprint density at radius 3 is 3.12 bits per heavy atom. The van der Waals surface area contributed by atoms with Gasteiger partial charge in [0.1, 0.15) is 0 Å². The van der Waals surface area contributed by atoms with E-state index in [1.165, 1.54) is 5.57 Å². The number of halogens is 2. The molecular weight excluding hydrogens is 259 g/mol. The fraction of sp³-hybridized carbons (Fsp3) is 0.583. The first-order chi connectivity index (χ1) is 8.22. The van der Waals surface area contributed by atoms with Gasteiger partial charge in [-0.1, -0.05) is 17.7 Å². The molecule has 1 aliphatic rings. The Hall–Kier alpha value is -0.510. The minimum Gasteiger partial charge on any atom is -0.383 e. The lowest BCUT2D eigenvalue weighted by Crippen LogP contribution is -2.11. The summed E-state index contributed by atoms with van der Waals surface area (Å²) in [5.41, 5.74) is 2.20. The van der Waals surface area contributed by atoms with Gasteiger partial charge in [-0.3, -0.25) is 4.68 Å². The van der Waals surface area contributed by atoms with Gasteiger partial charge in [-0.15, -0.1) is 11.6 Å². The van der Waals surface area contributed by atoms with Crippen molar-refractivity contribution in [1.29, 1.82) is 0 Å². The number of alkyl halides is 1. The van der Waals surface area contributed by atoms with E-state index in [4.69, 9.17) is 27.9 Å². The van der Waals surface area contributed by atoms with Crippen LogP contribution in [0.25, 0.3) is 5.57 Å². The fourth-order valence-corrected chi connectivity index (χ4v) is 2.67. The minimum absolute atomic E-state index is 0.112. The van der Waals surface area contributed by atoms with E-state index in [1.54, 1.807) is 13.3 Å². The molecule has 1 atom stereocenters. The van der Waals surface area contributed by atoms with Gasteiger partial charge in [0.05, 0.1) is 35.4 Å². The Morgan fingerprint density at radius 2 is 2.41 bits per heavy atom. The van der Waals surface area contributed by atoms with Crippen molar-refractivity contribution >= 4 is 28.8 Å². The van der Waals surface area contributed by atoms with Gasteiger partial charge in [0, 0.05) is 7.11 Å². The zero-order valence-electron chi connectivity index (χ0n) is 9.83. The highest BCUT2D eigenvalue weighted by atomic mass is 35.5. The summed E-state index contributed by atoms with van der Waals surface area (Å²) in [7, 11) is 1.68. The first kappa shape index (κ1) is 12.9. The molecule has 1 unspecified atom stereocenters. The van der Waals surface area contributed by atoms with Crippen molar-refractivity contribution in [2.45, 2.75) is 31.2 Å². The molecule has 5 heteroatoms. The molecule has 3 nitrogen and oxygen atoms in total. The number of hydrogen-bond acceptors (Lipinski definition) is 2. The smallest absolute Gasteiger partial charge is 0.0862 e. The molecule has 1 aromatic rings. The average molecular weight is 275 g/mol. The van der Waals surface area contributed by atoms with Gasteiger partial charge < -0.3 is 4.74 Å². The molecule has 94 valence electrons. The second kappa shape index (κ2) is 5.89. The van der Waals surface area contributed by atoms with Gasteiger partial charge in [-0.25, -0.2) is 0 Å². The standard InChI is InChI=1S/C12H16Cl2N2O/c1-17-6-5-16-12(11(14)8-15-16)9-3-2-4-10(13)7-9/h7-8,10H,2-6H2,1H3. The summed E-state index contributed by atoms with van der Waals surface area (Å²) in [6.45, 7) is 1.34. The van der Waals surface area contributed by atoms with Crippen LogP contribution in [0.3, 0.4) is 0 Å². The number of methoxy groups -OCH3 is 1. The topological polar surface area (TPSA) is 27.1 Å². The monoisotopic (exact) mass is 274 g/mol. The molecule has 1 aromatic heterocycles. The fourth-order valence-electron chi connectivity index (χ4n) is 2.10. The highest BCUT2D eigenvalue weighted by Crippen LogP contribution is 2.32. The van der Waals surface area contributed by atoms with E-state index in [0.29, 0.717) is 18.2 Å². The van der Waals surface area contributed by atoms with E-state index in [9.17, 15) is 0 Å². The Balaban J connectivity index is 2.26. The molecule has 0 fully saturated rings. The molecule has 17 heavy (non-hydrogen) atoms. The lowest BCUT2D eigenvalue weighted by Gasteiger charge is -2.18. The van der Waals surface area contributed by atoms with Crippen molar-refractivity contribution < 1.29 is 4.74 Å². The van der Waals surface area contributed by atoms with Crippen molar-refractivity contribution in [2.75, 3.05) is 13.7 Å². The van der Waals surface area contributed by atoms with E-state index in [1.807, 2.05) is 4.68 Å². The zero-order valence-corrected chi connectivity index (χ0v) is 11.3. The number of nitrogens with zero attached hydrogens (tertiary/aromatic N) is 2. The van der Waals surface area contributed by atoms with Crippen molar-refractivity contribution in [3.63, 3.8) is 0 Å². The quantitative estimate of drug-likeness (QED) is 0.788. The molecule has 0 saturated heterocycles. The maximum absolute atomic E-state index is 6.20. The third kappa shape index (κ3) is 3.03. The van der Waals surface area contributed by atoms with Crippen LogP contribution >= 0.6 is 23.2 Å². The van der Waals surface area contributed by atoms with Crippen LogP contribution in [0.2, 0.25) is 5.02 Å². The molecule has 2 rings (SSSR count). The third-order valence-corrected chi connectivity index (χ3v) is 3.54. The summed E-state index contributed by atoms with van der Waals surface area (Å²) in [6, 6.07) is 0. The number of hydrogen-bond donors (Lipinski definition) is 0.